The van der Waals surface area contributed by atoms with Crippen molar-refractivity contribution in [1.82, 2.24) is 4.72 Å². The Morgan fingerprint density at radius 3 is 2.33 bits per heavy atom. The van der Waals surface area contributed by atoms with Crippen LogP contribution in [0.3, 0.4) is 0 Å². The molecule has 0 saturated heterocycles. The largest absolute Gasteiger partial charge is 0.240 e. The molecular formula is C14H23NO2S. The van der Waals surface area contributed by atoms with E-state index >= 15 is 0 Å². The fourth-order valence-corrected chi connectivity index (χ4v) is 3.32. The third kappa shape index (κ3) is 3.82. The zero-order valence-electron chi connectivity index (χ0n) is 11.7. The van der Waals surface area contributed by atoms with Crippen LogP contribution in [0.2, 0.25) is 0 Å². The van der Waals surface area contributed by atoms with Crippen LogP contribution >= 0.6 is 0 Å². The van der Waals surface area contributed by atoms with Crippen LogP contribution in [0.1, 0.15) is 37.8 Å². The van der Waals surface area contributed by atoms with E-state index in [0.717, 1.165) is 24.0 Å². The number of benzene rings is 1. The summed E-state index contributed by atoms with van der Waals surface area (Å²) >= 11 is 0. The number of nitrogens with one attached hydrogen (secondary N) is 1. The molecule has 0 spiro atoms. The number of hydrogen-bond donors (Lipinski definition) is 1. The summed E-state index contributed by atoms with van der Waals surface area (Å²) in [5, 5.41) is 0. The van der Waals surface area contributed by atoms with E-state index < -0.39 is 10.0 Å². The first kappa shape index (κ1) is 15.2. The fourth-order valence-electron chi connectivity index (χ4n) is 1.88. The number of sulfonamides is 1. The van der Waals surface area contributed by atoms with Crippen LogP contribution in [0.25, 0.3) is 0 Å². The van der Waals surface area contributed by atoms with E-state index in [1.165, 1.54) is 0 Å². The first-order valence-corrected chi connectivity index (χ1v) is 7.96. The minimum atomic E-state index is -3.38. The summed E-state index contributed by atoms with van der Waals surface area (Å²) in [7, 11) is -3.38. The normalized spacial score (nSPS) is 12.1. The predicted molar refractivity (Wildman–Crippen MR) is 75.2 cm³/mol. The maximum absolute atomic E-state index is 12.2. The molecule has 0 aliphatic carbocycles. The van der Waals surface area contributed by atoms with Gasteiger partial charge in [-0.05, 0) is 37.0 Å². The lowest BCUT2D eigenvalue weighted by Gasteiger charge is -2.15. The maximum Gasteiger partial charge on any atom is 0.240 e. The number of hydrogen-bond acceptors (Lipinski definition) is 2. The molecule has 0 unspecified atom stereocenters. The third-order valence-corrected chi connectivity index (χ3v) is 4.92. The lowest BCUT2D eigenvalue weighted by molar-refractivity contribution is 0.479. The van der Waals surface area contributed by atoms with E-state index in [-0.39, 0.29) is 0 Å². The molecule has 0 aromatic heterocycles. The first-order chi connectivity index (χ1) is 8.40. The van der Waals surface area contributed by atoms with Crippen LogP contribution in [0.4, 0.5) is 0 Å². The van der Waals surface area contributed by atoms with Gasteiger partial charge in [0.05, 0.1) is 4.90 Å². The lowest BCUT2D eigenvalue weighted by Crippen LogP contribution is -2.29. The predicted octanol–water partition coefficient (Wildman–Crippen LogP) is 3.02. The Balaban J connectivity index is 2.89. The number of aryl methyl sites for hydroxylation is 2. The van der Waals surface area contributed by atoms with Gasteiger partial charge in [-0.3, -0.25) is 0 Å². The molecule has 0 radical (unpaired) electrons. The van der Waals surface area contributed by atoms with Crippen LogP contribution < -0.4 is 4.72 Å². The standard InChI is InChI=1S/C14H23NO2S/c1-5-13(6-2)10-15-18(16,17)14-9-11(3)7-8-12(14)4/h7-9,13,15H,5-6,10H2,1-4H3. The van der Waals surface area contributed by atoms with E-state index in [2.05, 4.69) is 18.6 Å². The third-order valence-electron chi connectivity index (χ3n) is 3.35. The molecule has 0 atom stereocenters. The molecule has 0 saturated carbocycles. The molecule has 0 aliphatic rings. The molecule has 0 fully saturated rings. The molecule has 1 rings (SSSR count). The topological polar surface area (TPSA) is 46.2 Å². The Hall–Kier alpha value is -0.870. The maximum atomic E-state index is 12.2. The molecule has 0 aliphatic heterocycles. The zero-order chi connectivity index (χ0) is 13.8. The van der Waals surface area contributed by atoms with Gasteiger partial charge in [0.2, 0.25) is 10.0 Å². The molecular weight excluding hydrogens is 246 g/mol. The summed E-state index contributed by atoms with van der Waals surface area (Å²) in [5.41, 5.74) is 1.75. The van der Waals surface area contributed by atoms with Crippen LogP contribution in [0.5, 0.6) is 0 Å². The lowest BCUT2D eigenvalue weighted by atomic mass is 10.0. The molecule has 0 heterocycles. The molecule has 1 aromatic carbocycles. The molecule has 102 valence electrons. The fraction of sp³-hybridized carbons (Fsp3) is 0.571. The van der Waals surface area contributed by atoms with Crippen molar-refractivity contribution in [3.63, 3.8) is 0 Å². The summed E-state index contributed by atoms with van der Waals surface area (Å²) in [5.74, 6) is 0.407. The Bertz CT molecular complexity index is 491. The molecule has 1 aromatic rings. The minimum absolute atomic E-state index is 0.397. The van der Waals surface area contributed by atoms with E-state index in [4.69, 9.17) is 0 Å². The summed E-state index contributed by atoms with van der Waals surface area (Å²) in [4.78, 5) is 0.397. The Morgan fingerprint density at radius 1 is 1.17 bits per heavy atom. The second kappa shape index (κ2) is 6.34. The van der Waals surface area contributed by atoms with Crippen molar-refractivity contribution in [3.8, 4) is 0 Å². The van der Waals surface area contributed by atoms with Crippen molar-refractivity contribution in [3.05, 3.63) is 29.3 Å². The highest BCUT2D eigenvalue weighted by atomic mass is 32.2. The van der Waals surface area contributed by atoms with Crippen molar-refractivity contribution >= 4 is 10.0 Å². The van der Waals surface area contributed by atoms with Gasteiger partial charge in [0, 0.05) is 6.54 Å². The van der Waals surface area contributed by atoms with Gasteiger partial charge in [-0.1, -0.05) is 38.8 Å². The number of rotatable bonds is 6. The molecule has 4 heteroatoms. The smallest absolute Gasteiger partial charge is 0.211 e. The highest BCUT2D eigenvalue weighted by Crippen LogP contribution is 2.17. The van der Waals surface area contributed by atoms with Gasteiger partial charge in [-0.15, -0.1) is 0 Å². The summed E-state index contributed by atoms with van der Waals surface area (Å²) in [6.07, 6.45) is 1.98. The van der Waals surface area contributed by atoms with Gasteiger partial charge in [-0.25, -0.2) is 13.1 Å². The highest BCUT2D eigenvalue weighted by Gasteiger charge is 2.17. The van der Waals surface area contributed by atoms with E-state index in [0.29, 0.717) is 17.4 Å². The van der Waals surface area contributed by atoms with Crippen molar-refractivity contribution < 1.29 is 8.42 Å². The Morgan fingerprint density at radius 2 is 1.78 bits per heavy atom. The van der Waals surface area contributed by atoms with Gasteiger partial charge < -0.3 is 0 Å². The highest BCUT2D eigenvalue weighted by molar-refractivity contribution is 7.89. The van der Waals surface area contributed by atoms with Crippen LogP contribution in [0.15, 0.2) is 23.1 Å². The van der Waals surface area contributed by atoms with Gasteiger partial charge in [0.1, 0.15) is 0 Å². The van der Waals surface area contributed by atoms with Crippen molar-refractivity contribution in [2.24, 2.45) is 5.92 Å². The van der Waals surface area contributed by atoms with Gasteiger partial charge >= 0.3 is 0 Å². The van der Waals surface area contributed by atoms with Gasteiger partial charge in [-0.2, -0.15) is 0 Å². The van der Waals surface area contributed by atoms with Crippen LogP contribution in [-0.2, 0) is 10.0 Å². The molecule has 0 amide bonds. The summed E-state index contributed by atoms with van der Waals surface area (Å²) in [6, 6.07) is 5.50. The average molecular weight is 269 g/mol. The van der Waals surface area contributed by atoms with E-state index in [9.17, 15) is 8.42 Å². The van der Waals surface area contributed by atoms with E-state index in [1.807, 2.05) is 26.0 Å². The minimum Gasteiger partial charge on any atom is -0.211 e. The van der Waals surface area contributed by atoms with Crippen molar-refractivity contribution in [1.29, 1.82) is 0 Å². The van der Waals surface area contributed by atoms with Gasteiger partial charge in [0.25, 0.3) is 0 Å². The molecule has 1 N–H and O–H groups in total. The second-order valence-corrected chi connectivity index (χ2v) is 6.54. The molecule has 3 nitrogen and oxygen atoms in total. The zero-order valence-corrected chi connectivity index (χ0v) is 12.5. The summed E-state index contributed by atoms with van der Waals surface area (Å²) in [6.45, 7) is 8.41. The molecule has 0 bridgehead atoms. The monoisotopic (exact) mass is 269 g/mol. The van der Waals surface area contributed by atoms with Crippen LogP contribution in [0, 0.1) is 19.8 Å². The molecule has 18 heavy (non-hydrogen) atoms. The van der Waals surface area contributed by atoms with Gasteiger partial charge in [0.15, 0.2) is 0 Å². The van der Waals surface area contributed by atoms with Crippen molar-refractivity contribution in [2.75, 3.05) is 6.54 Å². The van der Waals surface area contributed by atoms with Crippen molar-refractivity contribution in [2.45, 2.75) is 45.4 Å². The SMILES string of the molecule is CCC(CC)CNS(=O)(=O)c1cc(C)ccc1C. The summed E-state index contributed by atoms with van der Waals surface area (Å²) < 4.78 is 27.2. The second-order valence-electron chi connectivity index (χ2n) is 4.80. The Labute approximate surface area is 111 Å². The quantitative estimate of drug-likeness (QED) is 0.863. The van der Waals surface area contributed by atoms with E-state index in [1.54, 1.807) is 6.07 Å². The Kier molecular flexibility index (Phi) is 5.35. The first-order valence-electron chi connectivity index (χ1n) is 6.47. The average Bonchev–Trinajstić information content (AvgIpc) is 2.33. The van der Waals surface area contributed by atoms with Crippen LogP contribution in [-0.4, -0.2) is 15.0 Å².